The summed E-state index contributed by atoms with van der Waals surface area (Å²) in [6, 6.07) is 7.42. The Bertz CT molecular complexity index is 697. The smallest absolute Gasteiger partial charge is 0.242 e. The summed E-state index contributed by atoms with van der Waals surface area (Å²) in [5.74, 6) is 1.65. The summed E-state index contributed by atoms with van der Waals surface area (Å²) in [7, 11) is -0.313. The zero-order valence-corrected chi connectivity index (χ0v) is 19.9. The highest BCUT2D eigenvalue weighted by molar-refractivity contribution is 14.0. The van der Waals surface area contributed by atoms with E-state index in [-0.39, 0.29) is 24.0 Å². The molecule has 0 unspecified atom stereocenters. The number of hydrogen-bond acceptors (Lipinski definition) is 3. The normalized spacial score (nSPS) is 20.9. The van der Waals surface area contributed by atoms with Crippen LogP contribution in [0.2, 0.25) is 0 Å². The van der Waals surface area contributed by atoms with Gasteiger partial charge in [0.2, 0.25) is 10.0 Å². The molecule has 1 aliphatic carbocycles. The van der Waals surface area contributed by atoms with Crippen LogP contribution < -0.4 is 10.6 Å². The first-order chi connectivity index (χ1) is 12.3. The van der Waals surface area contributed by atoms with Crippen LogP contribution in [0.1, 0.15) is 45.1 Å². The van der Waals surface area contributed by atoms with Crippen LogP contribution >= 0.6 is 24.0 Å². The number of aliphatic imine (C=N–C) groups is 1. The third kappa shape index (κ3) is 7.23. The van der Waals surface area contributed by atoms with Crippen molar-refractivity contribution < 1.29 is 8.42 Å². The van der Waals surface area contributed by atoms with Gasteiger partial charge in [0.1, 0.15) is 0 Å². The molecule has 8 heteroatoms. The van der Waals surface area contributed by atoms with Gasteiger partial charge < -0.3 is 10.6 Å². The second-order valence-corrected chi connectivity index (χ2v) is 9.38. The van der Waals surface area contributed by atoms with E-state index >= 15 is 0 Å². The fraction of sp³-hybridized carbons (Fsp3) is 0.632. The first-order valence-corrected chi connectivity index (χ1v) is 10.8. The van der Waals surface area contributed by atoms with Crippen molar-refractivity contribution in [2.24, 2.45) is 10.9 Å². The Morgan fingerprint density at radius 2 is 1.74 bits per heavy atom. The van der Waals surface area contributed by atoms with Crippen LogP contribution in [0.4, 0.5) is 0 Å². The maximum Gasteiger partial charge on any atom is 0.242 e. The van der Waals surface area contributed by atoms with Crippen LogP contribution in [0.3, 0.4) is 0 Å². The van der Waals surface area contributed by atoms with Crippen LogP contribution in [0, 0.1) is 5.92 Å². The van der Waals surface area contributed by atoms with Gasteiger partial charge in [-0.15, -0.1) is 24.0 Å². The minimum atomic E-state index is -3.38. The molecule has 1 aromatic carbocycles. The van der Waals surface area contributed by atoms with Crippen molar-refractivity contribution in [3.05, 3.63) is 29.8 Å². The molecule has 6 nitrogen and oxygen atoms in total. The van der Waals surface area contributed by atoms with Gasteiger partial charge in [0.25, 0.3) is 0 Å². The first-order valence-electron chi connectivity index (χ1n) is 9.39. The molecule has 2 rings (SSSR count). The lowest BCUT2D eigenvalue weighted by Gasteiger charge is -2.28. The highest BCUT2D eigenvalue weighted by Gasteiger charge is 2.19. The predicted molar refractivity (Wildman–Crippen MR) is 122 cm³/mol. The molecule has 0 bridgehead atoms. The van der Waals surface area contributed by atoms with Gasteiger partial charge in [0.05, 0.1) is 11.4 Å². The minimum Gasteiger partial charge on any atom is -0.357 e. The second-order valence-electron chi connectivity index (χ2n) is 7.23. The number of benzene rings is 1. The van der Waals surface area contributed by atoms with E-state index in [4.69, 9.17) is 0 Å². The van der Waals surface area contributed by atoms with Crippen molar-refractivity contribution in [2.75, 3.05) is 20.6 Å². The van der Waals surface area contributed by atoms with Gasteiger partial charge in [-0.05, 0) is 56.2 Å². The molecule has 1 aliphatic rings. The summed E-state index contributed by atoms with van der Waals surface area (Å²) in [4.78, 5) is 4.96. The maximum atomic E-state index is 12.1. The highest BCUT2D eigenvalue weighted by Crippen LogP contribution is 2.23. The fourth-order valence-corrected chi connectivity index (χ4v) is 3.97. The number of halogens is 1. The monoisotopic (exact) mass is 508 g/mol. The highest BCUT2D eigenvalue weighted by atomic mass is 127. The molecule has 0 amide bonds. The Hall–Kier alpha value is -0.870. The Morgan fingerprint density at radius 3 is 2.26 bits per heavy atom. The lowest BCUT2D eigenvalue weighted by molar-refractivity contribution is 0.329. The molecule has 1 aromatic rings. The molecule has 0 saturated heterocycles. The molecule has 0 spiro atoms. The standard InChI is InChI=1S/C19H32N4O2S.HI/c1-5-20-19(22-17-10-6-15(2)7-11-17)21-14-16-8-12-18(13-9-16)26(24,25)23(3)4;/h8-9,12-13,15,17H,5-7,10-11,14H2,1-4H3,(H2,20,21,22);1H. The molecule has 0 aliphatic heterocycles. The Kier molecular flexibility index (Phi) is 10.0. The van der Waals surface area contributed by atoms with Crippen LogP contribution in [-0.4, -0.2) is 45.4 Å². The number of rotatable bonds is 6. The minimum absolute atomic E-state index is 0. The van der Waals surface area contributed by atoms with E-state index in [0.29, 0.717) is 17.5 Å². The largest absolute Gasteiger partial charge is 0.357 e. The van der Waals surface area contributed by atoms with E-state index in [2.05, 4.69) is 29.5 Å². The number of hydrogen-bond donors (Lipinski definition) is 2. The summed E-state index contributed by atoms with van der Waals surface area (Å²) in [5.41, 5.74) is 0.983. The van der Waals surface area contributed by atoms with E-state index in [1.165, 1.54) is 44.1 Å². The number of nitrogens with one attached hydrogen (secondary N) is 2. The molecule has 0 aromatic heterocycles. The van der Waals surface area contributed by atoms with E-state index in [9.17, 15) is 8.42 Å². The van der Waals surface area contributed by atoms with Crippen LogP contribution in [0.5, 0.6) is 0 Å². The fourth-order valence-electron chi connectivity index (χ4n) is 3.07. The number of sulfonamides is 1. The van der Waals surface area contributed by atoms with Gasteiger partial charge in [0, 0.05) is 26.7 Å². The van der Waals surface area contributed by atoms with E-state index < -0.39 is 10.0 Å². The zero-order valence-electron chi connectivity index (χ0n) is 16.7. The molecule has 0 atom stereocenters. The first kappa shape index (κ1) is 24.2. The quantitative estimate of drug-likeness (QED) is 0.352. The Balaban J connectivity index is 0.00000364. The SMILES string of the molecule is CCNC(=NCc1ccc(S(=O)(=O)N(C)C)cc1)NC1CCC(C)CC1.I. The third-order valence-electron chi connectivity index (χ3n) is 4.82. The lowest BCUT2D eigenvalue weighted by Crippen LogP contribution is -2.44. The Labute approximate surface area is 181 Å². The topological polar surface area (TPSA) is 73.8 Å². The molecule has 0 radical (unpaired) electrons. The molecule has 1 saturated carbocycles. The summed E-state index contributed by atoms with van der Waals surface area (Å²) in [5, 5.41) is 6.83. The zero-order chi connectivity index (χ0) is 19.2. The van der Waals surface area contributed by atoms with Crippen molar-refractivity contribution in [3.63, 3.8) is 0 Å². The van der Waals surface area contributed by atoms with Gasteiger partial charge in [-0.3, -0.25) is 0 Å². The van der Waals surface area contributed by atoms with E-state index in [1.807, 2.05) is 12.1 Å². The van der Waals surface area contributed by atoms with Crippen LogP contribution in [0.25, 0.3) is 0 Å². The van der Waals surface area contributed by atoms with Crippen molar-refractivity contribution in [3.8, 4) is 0 Å². The van der Waals surface area contributed by atoms with Crippen molar-refractivity contribution >= 4 is 40.0 Å². The molecule has 154 valence electrons. The van der Waals surface area contributed by atoms with E-state index in [0.717, 1.165) is 24.0 Å². The van der Waals surface area contributed by atoms with Gasteiger partial charge in [-0.1, -0.05) is 19.1 Å². The van der Waals surface area contributed by atoms with E-state index in [1.54, 1.807) is 12.1 Å². The second kappa shape index (κ2) is 11.2. The number of nitrogens with zero attached hydrogens (tertiary/aromatic N) is 2. The third-order valence-corrected chi connectivity index (χ3v) is 6.65. The van der Waals surface area contributed by atoms with Gasteiger partial charge in [-0.25, -0.2) is 17.7 Å². The van der Waals surface area contributed by atoms with Crippen LogP contribution in [-0.2, 0) is 16.6 Å². The summed E-state index contributed by atoms with van der Waals surface area (Å²) >= 11 is 0. The molecule has 1 fully saturated rings. The summed E-state index contributed by atoms with van der Waals surface area (Å²) in [6.07, 6.45) is 4.89. The molecular weight excluding hydrogens is 475 g/mol. The number of guanidine groups is 1. The Morgan fingerprint density at radius 1 is 1.15 bits per heavy atom. The average molecular weight is 508 g/mol. The van der Waals surface area contributed by atoms with Crippen molar-refractivity contribution in [1.29, 1.82) is 0 Å². The molecule has 2 N–H and O–H groups in total. The van der Waals surface area contributed by atoms with Gasteiger partial charge in [-0.2, -0.15) is 0 Å². The van der Waals surface area contributed by atoms with Crippen molar-refractivity contribution in [1.82, 2.24) is 14.9 Å². The van der Waals surface area contributed by atoms with Gasteiger partial charge >= 0.3 is 0 Å². The maximum absolute atomic E-state index is 12.1. The molecular formula is C19H33IN4O2S. The lowest BCUT2D eigenvalue weighted by atomic mass is 9.87. The molecule has 27 heavy (non-hydrogen) atoms. The van der Waals surface area contributed by atoms with Gasteiger partial charge in [0.15, 0.2) is 5.96 Å². The predicted octanol–water partition coefficient (Wildman–Crippen LogP) is 3.19. The van der Waals surface area contributed by atoms with Crippen molar-refractivity contribution in [2.45, 2.75) is 57.0 Å². The average Bonchev–Trinajstić information content (AvgIpc) is 2.62. The summed E-state index contributed by atoms with van der Waals surface area (Å²) < 4.78 is 25.5. The summed E-state index contributed by atoms with van der Waals surface area (Å²) in [6.45, 7) is 5.70. The van der Waals surface area contributed by atoms with Crippen LogP contribution in [0.15, 0.2) is 34.2 Å². The molecule has 0 heterocycles.